The average Bonchev–Trinajstić information content (AvgIpc) is 2.79. The Hall–Kier alpha value is -4.14. The zero-order chi connectivity index (χ0) is 24.1. The second-order valence-corrected chi connectivity index (χ2v) is 6.89. The minimum Gasteiger partial charge on any atom is -0.383 e. The van der Waals surface area contributed by atoms with Crippen LogP contribution in [0.15, 0.2) is 59.7 Å². The van der Waals surface area contributed by atoms with Crippen molar-refractivity contribution in [2.75, 3.05) is 11.1 Å². The number of halogens is 2. The molecular formula is C24H24F2N6O. The van der Waals surface area contributed by atoms with Gasteiger partial charge in [-0.25, -0.2) is 18.7 Å². The van der Waals surface area contributed by atoms with Gasteiger partial charge in [0.15, 0.2) is 0 Å². The van der Waals surface area contributed by atoms with E-state index >= 15 is 0 Å². The lowest BCUT2D eigenvalue weighted by Crippen LogP contribution is -2.25. The molecule has 7 nitrogen and oxygen atoms in total. The Morgan fingerprint density at radius 2 is 1.79 bits per heavy atom. The molecule has 4 N–H and O–H groups in total. The molecule has 0 aliphatic heterocycles. The Morgan fingerprint density at radius 1 is 1.09 bits per heavy atom. The van der Waals surface area contributed by atoms with E-state index in [1.807, 2.05) is 13.8 Å². The van der Waals surface area contributed by atoms with Gasteiger partial charge in [0.2, 0.25) is 0 Å². The number of hydrogen-bond donors (Lipinski definition) is 3. The fourth-order valence-corrected chi connectivity index (χ4v) is 3.48. The summed E-state index contributed by atoms with van der Waals surface area (Å²) in [6.45, 7) is 5.58. The molecular weight excluding hydrogens is 426 g/mol. The summed E-state index contributed by atoms with van der Waals surface area (Å²) in [7, 11) is 0. The van der Waals surface area contributed by atoms with Gasteiger partial charge in [0, 0.05) is 11.4 Å². The Morgan fingerprint density at radius 3 is 2.48 bits per heavy atom. The van der Waals surface area contributed by atoms with E-state index in [9.17, 15) is 13.6 Å². The normalized spacial score (nSPS) is 10.5. The van der Waals surface area contributed by atoms with Gasteiger partial charge in [0.05, 0.1) is 23.2 Å². The number of nitrogens with one attached hydrogen (secondary N) is 2. The predicted octanol–water partition coefficient (Wildman–Crippen LogP) is 4.67. The number of fused-ring (bicyclic) bond motifs is 1. The maximum Gasteiger partial charge on any atom is 0.266 e. The van der Waals surface area contributed by atoms with E-state index in [1.165, 1.54) is 36.7 Å². The first-order valence-corrected chi connectivity index (χ1v) is 10.4. The first-order chi connectivity index (χ1) is 15.9. The molecule has 2 aromatic carbocycles. The van der Waals surface area contributed by atoms with Crippen molar-refractivity contribution in [1.82, 2.24) is 14.5 Å². The lowest BCUT2D eigenvalue weighted by molar-refractivity contribution is 0.612. The minimum atomic E-state index is -0.683. The van der Waals surface area contributed by atoms with Gasteiger partial charge in [-0.05, 0) is 36.6 Å². The number of nitrogen functional groups attached to an aromatic ring is 1. The molecule has 4 rings (SSSR count). The fraction of sp³-hybridized carbons (Fsp3) is 0.167. The van der Waals surface area contributed by atoms with Crippen LogP contribution in [0.25, 0.3) is 16.5 Å². The first kappa shape index (κ1) is 23.5. The van der Waals surface area contributed by atoms with Gasteiger partial charge in [0.25, 0.3) is 5.56 Å². The highest BCUT2D eigenvalue weighted by atomic mass is 19.1. The second-order valence-electron chi connectivity index (χ2n) is 6.89. The smallest absolute Gasteiger partial charge is 0.266 e. The van der Waals surface area contributed by atoms with Gasteiger partial charge in [0.1, 0.15) is 29.6 Å². The maximum atomic E-state index is 14.6. The monoisotopic (exact) mass is 450 g/mol. The first-order valence-electron chi connectivity index (χ1n) is 10.4. The molecule has 0 fully saturated rings. The van der Waals surface area contributed by atoms with Crippen LogP contribution < -0.4 is 16.6 Å². The number of nitrogens with zero attached hydrogens (tertiary/aromatic N) is 3. The SMILES string of the molecule is CC.CC(=N)c1c(N)ncnc1NCc1cc2cccc(F)c2c(=O)n1-c1ccccc1F. The van der Waals surface area contributed by atoms with Crippen LogP contribution in [0.4, 0.5) is 20.4 Å². The van der Waals surface area contributed by atoms with E-state index < -0.39 is 17.2 Å². The predicted molar refractivity (Wildman–Crippen MR) is 127 cm³/mol. The average molecular weight is 450 g/mol. The van der Waals surface area contributed by atoms with Crippen LogP contribution >= 0.6 is 0 Å². The van der Waals surface area contributed by atoms with Crippen molar-refractivity contribution in [1.29, 1.82) is 5.41 Å². The fourth-order valence-electron chi connectivity index (χ4n) is 3.48. The third-order valence-electron chi connectivity index (χ3n) is 4.85. The molecule has 0 spiro atoms. The largest absolute Gasteiger partial charge is 0.383 e. The topological polar surface area (TPSA) is 110 Å². The van der Waals surface area contributed by atoms with Crippen LogP contribution in [0.5, 0.6) is 0 Å². The zero-order valence-electron chi connectivity index (χ0n) is 18.5. The third kappa shape index (κ3) is 4.57. The molecule has 170 valence electrons. The molecule has 0 radical (unpaired) electrons. The number of pyridine rings is 1. The molecule has 0 amide bonds. The summed E-state index contributed by atoms with van der Waals surface area (Å²) in [6, 6.07) is 11.7. The van der Waals surface area contributed by atoms with E-state index in [1.54, 1.807) is 25.1 Å². The summed E-state index contributed by atoms with van der Waals surface area (Å²) >= 11 is 0. The van der Waals surface area contributed by atoms with Crippen LogP contribution in [0.3, 0.4) is 0 Å². The molecule has 4 aromatic rings. The van der Waals surface area contributed by atoms with E-state index in [2.05, 4.69) is 15.3 Å². The summed E-state index contributed by atoms with van der Waals surface area (Å²) in [5.74, 6) is -0.870. The van der Waals surface area contributed by atoms with Crippen LogP contribution in [0.2, 0.25) is 0 Å². The summed E-state index contributed by atoms with van der Waals surface area (Å²) in [4.78, 5) is 21.2. The zero-order valence-corrected chi connectivity index (χ0v) is 18.5. The Bertz CT molecular complexity index is 1380. The van der Waals surface area contributed by atoms with Gasteiger partial charge in [-0.3, -0.25) is 9.36 Å². The van der Waals surface area contributed by atoms with Crippen LogP contribution in [-0.4, -0.2) is 20.2 Å². The minimum absolute atomic E-state index is 0.000104. The summed E-state index contributed by atoms with van der Waals surface area (Å²) in [5.41, 5.74) is 6.05. The van der Waals surface area contributed by atoms with Crippen LogP contribution in [0, 0.1) is 17.0 Å². The van der Waals surface area contributed by atoms with Crippen molar-refractivity contribution in [2.45, 2.75) is 27.3 Å². The van der Waals surface area contributed by atoms with Crippen molar-refractivity contribution in [3.05, 3.63) is 88.1 Å². The molecule has 0 aliphatic carbocycles. The number of anilines is 2. The Kier molecular flexibility index (Phi) is 7.12. The van der Waals surface area contributed by atoms with Gasteiger partial charge >= 0.3 is 0 Å². The quantitative estimate of drug-likeness (QED) is 0.383. The van der Waals surface area contributed by atoms with Gasteiger partial charge in [-0.1, -0.05) is 38.1 Å². The lowest BCUT2D eigenvalue weighted by atomic mass is 10.1. The molecule has 0 bridgehead atoms. The Labute approximate surface area is 189 Å². The van der Waals surface area contributed by atoms with Gasteiger partial charge < -0.3 is 16.5 Å². The molecule has 0 unspecified atom stereocenters. The molecule has 0 saturated carbocycles. The van der Waals surface area contributed by atoms with E-state index in [4.69, 9.17) is 11.1 Å². The number of para-hydroxylation sites is 1. The highest BCUT2D eigenvalue weighted by Gasteiger charge is 2.17. The molecule has 2 heterocycles. The van der Waals surface area contributed by atoms with Crippen molar-refractivity contribution in [3.8, 4) is 5.69 Å². The summed E-state index contributed by atoms with van der Waals surface area (Å²) < 4.78 is 30.2. The molecule has 33 heavy (non-hydrogen) atoms. The number of hydrogen-bond acceptors (Lipinski definition) is 6. The van der Waals surface area contributed by atoms with Crippen LogP contribution in [0.1, 0.15) is 32.0 Å². The van der Waals surface area contributed by atoms with Crippen molar-refractivity contribution < 1.29 is 8.78 Å². The van der Waals surface area contributed by atoms with Crippen molar-refractivity contribution >= 4 is 28.1 Å². The summed E-state index contributed by atoms with van der Waals surface area (Å²) in [5, 5.41) is 11.2. The molecule has 0 atom stereocenters. The van der Waals surface area contributed by atoms with E-state index in [0.29, 0.717) is 22.5 Å². The highest BCUT2D eigenvalue weighted by molar-refractivity contribution is 6.04. The van der Waals surface area contributed by atoms with Gasteiger partial charge in [-0.2, -0.15) is 0 Å². The lowest BCUT2D eigenvalue weighted by Gasteiger charge is -2.17. The molecule has 9 heteroatoms. The molecule has 0 aliphatic rings. The third-order valence-corrected chi connectivity index (χ3v) is 4.85. The maximum absolute atomic E-state index is 14.6. The Balaban J connectivity index is 0.00000149. The number of benzene rings is 2. The number of rotatable bonds is 5. The second kappa shape index (κ2) is 9.99. The highest BCUT2D eigenvalue weighted by Crippen LogP contribution is 2.22. The van der Waals surface area contributed by atoms with Crippen molar-refractivity contribution in [3.63, 3.8) is 0 Å². The molecule has 0 saturated heterocycles. The molecule has 2 aromatic heterocycles. The standard InChI is InChI=1S/C22H18F2N6O.C2H6/c1-12(25)18-20(26)28-11-29-21(18)27-10-14-9-13-5-4-7-16(24)19(13)22(31)30(14)17-8-3-2-6-15(17)23;1-2/h2-9,11,25H,10H2,1H3,(H3,26,27,28,29);1-2H3. The van der Waals surface area contributed by atoms with Gasteiger partial charge in [-0.15, -0.1) is 0 Å². The van der Waals surface area contributed by atoms with E-state index in [-0.39, 0.29) is 29.1 Å². The summed E-state index contributed by atoms with van der Waals surface area (Å²) in [6.07, 6.45) is 1.25. The van der Waals surface area contributed by atoms with E-state index in [0.717, 1.165) is 4.57 Å². The number of nitrogens with two attached hydrogens (primary N) is 1. The number of aromatic nitrogens is 3. The van der Waals surface area contributed by atoms with Crippen LogP contribution in [-0.2, 0) is 6.54 Å². The van der Waals surface area contributed by atoms with Crippen molar-refractivity contribution in [2.24, 2.45) is 0 Å².